The highest BCUT2D eigenvalue weighted by atomic mass is 16.5. The molecule has 0 bridgehead atoms. The van der Waals surface area contributed by atoms with Crippen LogP contribution in [0.5, 0.6) is 11.5 Å². The van der Waals surface area contributed by atoms with Gasteiger partial charge >= 0.3 is 0 Å². The van der Waals surface area contributed by atoms with Crippen LogP contribution >= 0.6 is 0 Å². The maximum absolute atomic E-state index is 8.94. The van der Waals surface area contributed by atoms with Crippen LogP contribution in [0.15, 0.2) is 18.2 Å². The average Bonchev–Trinajstić information content (AvgIpc) is 2.47. The molecule has 102 valence electrons. The molecule has 1 aliphatic heterocycles. The molecule has 1 aromatic carbocycles. The molecular weight excluding hydrogens is 242 g/mol. The molecule has 0 radical (unpaired) electrons. The first kappa shape index (κ1) is 13.5. The highest BCUT2D eigenvalue weighted by Crippen LogP contribution is 2.34. The van der Waals surface area contributed by atoms with Gasteiger partial charge in [0.2, 0.25) is 0 Å². The quantitative estimate of drug-likeness (QED) is 0.887. The van der Waals surface area contributed by atoms with Crippen LogP contribution in [0.4, 0.5) is 5.69 Å². The second-order valence-electron chi connectivity index (χ2n) is 4.45. The molecule has 1 aliphatic rings. The molecular formula is C14H19N3O2. The zero-order valence-corrected chi connectivity index (χ0v) is 11.3. The summed E-state index contributed by atoms with van der Waals surface area (Å²) in [7, 11) is 3.29. The predicted octanol–water partition coefficient (Wildman–Crippen LogP) is 1.40. The van der Waals surface area contributed by atoms with Crippen LogP contribution in [0.1, 0.15) is 6.42 Å². The minimum Gasteiger partial charge on any atom is -0.497 e. The van der Waals surface area contributed by atoms with Crippen LogP contribution in [0, 0.1) is 11.3 Å². The van der Waals surface area contributed by atoms with Gasteiger partial charge in [-0.25, -0.2) is 0 Å². The summed E-state index contributed by atoms with van der Waals surface area (Å²) in [6.45, 7) is 2.61. The smallest absolute Gasteiger partial charge is 0.145 e. The molecule has 2 rings (SSSR count). The molecule has 0 saturated carbocycles. The lowest BCUT2D eigenvalue weighted by atomic mass is 10.1. The number of methoxy groups -OCH3 is 2. The van der Waals surface area contributed by atoms with Crippen LogP contribution in [0.3, 0.4) is 0 Å². The number of nitrogens with zero attached hydrogens (tertiary/aromatic N) is 2. The lowest BCUT2D eigenvalue weighted by Gasteiger charge is -2.37. The fourth-order valence-electron chi connectivity index (χ4n) is 2.39. The molecule has 0 aromatic heterocycles. The van der Waals surface area contributed by atoms with Crippen molar-refractivity contribution in [3.05, 3.63) is 18.2 Å². The van der Waals surface area contributed by atoms with E-state index in [9.17, 15) is 0 Å². The van der Waals surface area contributed by atoms with Gasteiger partial charge in [0.1, 0.15) is 11.5 Å². The first-order valence-electron chi connectivity index (χ1n) is 6.36. The molecule has 19 heavy (non-hydrogen) atoms. The van der Waals surface area contributed by atoms with Gasteiger partial charge in [-0.1, -0.05) is 0 Å². The van der Waals surface area contributed by atoms with Crippen LogP contribution in [-0.4, -0.2) is 39.9 Å². The number of nitriles is 1. The van der Waals surface area contributed by atoms with E-state index in [1.54, 1.807) is 14.2 Å². The Balaban J connectivity index is 2.30. The molecule has 1 fully saturated rings. The summed E-state index contributed by atoms with van der Waals surface area (Å²) in [6.07, 6.45) is 0.502. The third-order valence-corrected chi connectivity index (χ3v) is 3.37. The van der Waals surface area contributed by atoms with Crippen molar-refractivity contribution in [2.45, 2.75) is 12.5 Å². The summed E-state index contributed by atoms with van der Waals surface area (Å²) in [6, 6.07) is 8.22. The third kappa shape index (κ3) is 2.91. The Morgan fingerprint density at radius 3 is 2.95 bits per heavy atom. The Morgan fingerprint density at radius 2 is 2.26 bits per heavy atom. The van der Waals surface area contributed by atoms with E-state index in [0.717, 1.165) is 36.8 Å². The number of ether oxygens (including phenoxy) is 2. The summed E-state index contributed by atoms with van der Waals surface area (Å²) < 4.78 is 10.7. The van der Waals surface area contributed by atoms with Crippen molar-refractivity contribution < 1.29 is 9.47 Å². The number of hydrogen-bond acceptors (Lipinski definition) is 5. The van der Waals surface area contributed by atoms with Gasteiger partial charge in [-0.3, -0.25) is 0 Å². The topological polar surface area (TPSA) is 57.5 Å². The Bertz CT molecular complexity index is 470. The molecule has 0 amide bonds. The Hall–Kier alpha value is -1.93. The monoisotopic (exact) mass is 261 g/mol. The summed E-state index contributed by atoms with van der Waals surface area (Å²) in [5.41, 5.74) is 1.02. The minimum atomic E-state index is 0.182. The highest BCUT2D eigenvalue weighted by molar-refractivity contribution is 5.62. The van der Waals surface area contributed by atoms with Gasteiger partial charge in [0.15, 0.2) is 0 Å². The maximum Gasteiger partial charge on any atom is 0.145 e. The molecule has 1 N–H and O–H groups in total. The van der Waals surface area contributed by atoms with E-state index >= 15 is 0 Å². The highest BCUT2D eigenvalue weighted by Gasteiger charge is 2.24. The molecule has 5 nitrogen and oxygen atoms in total. The van der Waals surface area contributed by atoms with Gasteiger partial charge in [-0.15, -0.1) is 0 Å². The largest absolute Gasteiger partial charge is 0.497 e. The number of hydrogen-bond donors (Lipinski definition) is 1. The fourth-order valence-corrected chi connectivity index (χ4v) is 2.39. The van der Waals surface area contributed by atoms with Gasteiger partial charge in [0.25, 0.3) is 0 Å². The van der Waals surface area contributed by atoms with Crippen molar-refractivity contribution in [1.29, 1.82) is 5.26 Å². The molecule has 1 heterocycles. The zero-order chi connectivity index (χ0) is 13.7. The zero-order valence-electron chi connectivity index (χ0n) is 11.3. The third-order valence-electron chi connectivity index (χ3n) is 3.37. The number of rotatable bonds is 4. The van der Waals surface area contributed by atoms with E-state index in [-0.39, 0.29) is 6.04 Å². The van der Waals surface area contributed by atoms with E-state index in [4.69, 9.17) is 14.7 Å². The second-order valence-corrected chi connectivity index (χ2v) is 4.45. The minimum absolute atomic E-state index is 0.182. The second kappa shape index (κ2) is 6.30. The van der Waals surface area contributed by atoms with Crippen molar-refractivity contribution in [1.82, 2.24) is 5.32 Å². The van der Waals surface area contributed by atoms with E-state index < -0.39 is 0 Å². The van der Waals surface area contributed by atoms with Crippen LogP contribution in [-0.2, 0) is 0 Å². The van der Waals surface area contributed by atoms with Crippen molar-refractivity contribution in [3.63, 3.8) is 0 Å². The normalized spacial score (nSPS) is 18.8. The standard InChI is InChI=1S/C14H19N3O2/c1-18-12-3-4-13(14(9-12)19-2)17-8-7-16-10-11(17)5-6-15/h3-4,9,11,16H,5,7-8,10H2,1-2H3. The molecule has 1 atom stereocenters. The Kier molecular flexibility index (Phi) is 4.48. The number of piperazine rings is 1. The number of anilines is 1. The van der Waals surface area contributed by atoms with E-state index in [2.05, 4.69) is 16.3 Å². The Labute approximate surface area is 113 Å². The first-order chi connectivity index (χ1) is 9.30. The summed E-state index contributed by atoms with van der Waals surface area (Å²) in [5, 5.41) is 12.3. The van der Waals surface area contributed by atoms with Crippen molar-refractivity contribution in [2.24, 2.45) is 0 Å². The predicted molar refractivity (Wildman–Crippen MR) is 73.8 cm³/mol. The molecule has 1 aromatic rings. The van der Waals surface area contributed by atoms with E-state index in [1.807, 2.05) is 18.2 Å². The summed E-state index contributed by atoms with van der Waals surface area (Å²) >= 11 is 0. The molecule has 0 aliphatic carbocycles. The van der Waals surface area contributed by atoms with Gasteiger partial charge in [0.05, 0.1) is 38.4 Å². The lowest BCUT2D eigenvalue weighted by Crippen LogP contribution is -2.51. The SMILES string of the molecule is COc1ccc(N2CCNCC2CC#N)c(OC)c1. The van der Waals surface area contributed by atoms with Crippen molar-refractivity contribution in [2.75, 3.05) is 38.8 Å². The summed E-state index contributed by atoms with van der Waals surface area (Å²) in [4.78, 5) is 2.23. The first-order valence-corrected chi connectivity index (χ1v) is 6.36. The maximum atomic E-state index is 8.94. The van der Waals surface area contributed by atoms with Gasteiger partial charge in [-0.05, 0) is 12.1 Å². The van der Waals surface area contributed by atoms with Crippen molar-refractivity contribution in [3.8, 4) is 17.6 Å². The van der Waals surface area contributed by atoms with E-state index in [0.29, 0.717) is 6.42 Å². The Morgan fingerprint density at radius 1 is 1.42 bits per heavy atom. The lowest BCUT2D eigenvalue weighted by molar-refractivity contribution is 0.390. The molecule has 5 heteroatoms. The molecule has 0 spiro atoms. The van der Waals surface area contributed by atoms with Crippen LogP contribution in [0.25, 0.3) is 0 Å². The average molecular weight is 261 g/mol. The van der Waals surface area contributed by atoms with E-state index in [1.165, 1.54) is 0 Å². The van der Waals surface area contributed by atoms with Crippen molar-refractivity contribution >= 4 is 5.69 Å². The summed E-state index contributed by atoms with van der Waals surface area (Å²) in [5.74, 6) is 1.55. The number of benzene rings is 1. The molecule has 1 unspecified atom stereocenters. The van der Waals surface area contributed by atoms with Gasteiger partial charge in [0, 0.05) is 25.7 Å². The molecule has 1 saturated heterocycles. The van der Waals surface area contributed by atoms with Crippen LogP contribution < -0.4 is 19.7 Å². The van der Waals surface area contributed by atoms with Gasteiger partial charge < -0.3 is 19.7 Å². The van der Waals surface area contributed by atoms with Crippen LogP contribution in [0.2, 0.25) is 0 Å². The number of nitrogens with one attached hydrogen (secondary N) is 1. The fraction of sp³-hybridized carbons (Fsp3) is 0.500. The van der Waals surface area contributed by atoms with Gasteiger partial charge in [-0.2, -0.15) is 5.26 Å².